The van der Waals surface area contributed by atoms with Gasteiger partial charge in [-0.1, -0.05) is 91.1 Å². The van der Waals surface area contributed by atoms with Crippen LogP contribution in [-0.4, -0.2) is 56.3 Å². The van der Waals surface area contributed by atoms with Crippen LogP contribution in [0.25, 0.3) is 0 Å². The van der Waals surface area contributed by atoms with Gasteiger partial charge in [0.15, 0.2) is 0 Å². The zero-order valence-electron chi connectivity index (χ0n) is 28.3. The second kappa shape index (κ2) is 17.2. The molecule has 0 aliphatic carbocycles. The number of nitrogens with one attached hydrogen (secondary N) is 1. The van der Waals surface area contributed by atoms with Gasteiger partial charge in [-0.3, -0.25) is 24.0 Å². The zero-order valence-corrected chi connectivity index (χ0v) is 31.4. The molecule has 0 heterocycles. The van der Waals surface area contributed by atoms with Gasteiger partial charge in [0.2, 0.25) is 11.8 Å². The highest BCUT2D eigenvalue weighted by Crippen LogP contribution is 2.36. The maximum atomic E-state index is 14.8. The van der Waals surface area contributed by atoms with Gasteiger partial charge >= 0.3 is 0 Å². The first kappa shape index (κ1) is 39.4. The number of anilines is 1. The molecule has 4 aromatic carbocycles. The Balaban J connectivity index is 1.91. The molecule has 0 fully saturated rings. The molecule has 0 aromatic heterocycles. The zero-order chi connectivity index (χ0) is 37.5. The van der Waals surface area contributed by atoms with Gasteiger partial charge in [0.05, 0.1) is 22.6 Å². The molecule has 0 aliphatic rings. The van der Waals surface area contributed by atoms with Crippen LogP contribution in [0.1, 0.15) is 30.5 Å². The van der Waals surface area contributed by atoms with Crippen LogP contribution in [0.3, 0.4) is 0 Å². The highest BCUT2D eigenvalue weighted by molar-refractivity contribution is 7.92. The second-order valence-electron chi connectivity index (χ2n) is 12.1. The largest absolute Gasteiger partial charge is 0.495 e. The lowest BCUT2D eigenvalue weighted by atomic mass is 10.0. The van der Waals surface area contributed by atoms with Crippen LogP contribution in [0.15, 0.2) is 89.8 Å². The number of hydrogen-bond donors (Lipinski definition) is 1. The molecule has 2 amide bonds. The Labute approximate surface area is 312 Å². The van der Waals surface area contributed by atoms with Crippen molar-refractivity contribution in [2.45, 2.75) is 44.7 Å². The minimum atomic E-state index is -4.72. The van der Waals surface area contributed by atoms with E-state index in [2.05, 4.69) is 5.32 Å². The standard InChI is InChI=1S/C36H37Cl3N4O7S/c1-23(2)20-40-36(45)33(16-25-8-6-5-7-9-25)41(21-26-11-12-27(37)17-30(26)39)35(44)22-42(32-18-28(38)13-15-34(32)50-4)51(48,49)29-14-10-24(3)31(19-29)43(46)47/h5-15,17-19,23,33H,16,20-22H2,1-4H3,(H,40,45)/t33-/m1/s1. The number of methoxy groups -OCH3 is 1. The van der Waals surface area contributed by atoms with Crippen LogP contribution in [0.5, 0.6) is 5.75 Å². The van der Waals surface area contributed by atoms with Crippen LogP contribution >= 0.6 is 34.8 Å². The molecule has 15 heteroatoms. The molecule has 0 spiro atoms. The molecule has 0 saturated heterocycles. The summed E-state index contributed by atoms with van der Waals surface area (Å²) >= 11 is 19.1. The summed E-state index contributed by atoms with van der Waals surface area (Å²) in [6, 6.07) is 20.4. The summed E-state index contributed by atoms with van der Waals surface area (Å²) in [6.07, 6.45) is 0.0825. The molecular formula is C36H37Cl3N4O7S. The minimum absolute atomic E-state index is 0.0557. The van der Waals surface area contributed by atoms with Crippen molar-refractivity contribution in [2.75, 3.05) is 24.5 Å². The summed E-state index contributed by atoms with van der Waals surface area (Å²) in [7, 11) is -3.40. The van der Waals surface area contributed by atoms with Crippen LogP contribution in [0.4, 0.5) is 11.4 Å². The van der Waals surface area contributed by atoms with E-state index in [0.29, 0.717) is 17.1 Å². The third-order valence-corrected chi connectivity index (χ3v) is 10.5. The van der Waals surface area contributed by atoms with Crippen molar-refractivity contribution in [1.82, 2.24) is 10.2 Å². The predicted octanol–water partition coefficient (Wildman–Crippen LogP) is 7.48. The predicted molar refractivity (Wildman–Crippen MR) is 199 cm³/mol. The Kier molecular flexibility index (Phi) is 13.3. The Morgan fingerprint density at radius 2 is 1.61 bits per heavy atom. The van der Waals surface area contributed by atoms with Crippen LogP contribution < -0.4 is 14.4 Å². The van der Waals surface area contributed by atoms with E-state index in [1.807, 2.05) is 32.0 Å². The van der Waals surface area contributed by atoms with E-state index >= 15 is 0 Å². The SMILES string of the molecule is COc1ccc(Cl)cc1N(CC(=O)N(Cc1ccc(Cl)cc1Cl)[C@H](Cc1ccccc1)C(=O)NCC(C)C)S(=O)(=O)c1ccc(C)c([N+](=O)[O-])c1. The number of nitrogens with zero attached hydrogens (tertiary/aromatic N) is 3. The topological polar surface area (TPSA) is 139 Å². The number of hydrogen-bond acceptors (Lipinski definition) is 7. The molecule has 1 atom stereocenters. The molecule has 1 N–H and O–H groups in total. The highest BCUT2D eigenvalue weighted by atomic mass is 35.5. The van der Waals surface area contributed by atoms with Gasteiger partial charge in [-0.25, -0.2) is 8.42 Å². The fourth-order valence-corrected chi connectivity index (χ4v) is 7.33. The molecule has 4 aromatic rings. The third-order valence-electron chi connectivity index (χ3n) is 7.97. The smallest absolute Gasteiger partial charge is 0.273 e. The molecule has 0 aliphatic heterocycles. The lowest BCUT2D eigenvalue weighted by Crippen LogP contribution is -2.53. The summed E-state index contributed by atoms with van der Waals surface area (Å²) in [4.78, 5) is 40.7. The number of nitro benzene ring substituents is 1. The average Bonchev–Trinajstić information content (AvgIpc) is 3.08. The van der Waals surface area contributed by atoms with E-state index in [0.717, 1.165) is 15.9 Å². The first-order valence-corrected chi connectivity index (χ1v) is 18.4. The number of carbonyl (C=O) groups is 2. The summed E-state index contributed by atoms with van der Waals surface area (Å²) in [5, 5.41) is 15.4. The van der Waals surface area contributed by atoms with E-state index in [4.69, 9.17) is 39.5 Å². The molecule has 0 unspecified atom stereocenters. The Bertz CT molecular complexity index is 2010. The number of nitro groups is 1. The Morgan fingerprint density at radius 1 is 0.941 bits per heavy atom. The van der Waals surface area contributed by atoms with Crippen molar-refractivity contribution in [3.63, 3.8) is 0 Å². The van der Waals surface area contributed by atoms with Crippen LogP contribution in [0, 0.1) is 23.0 Å². The average molecular weight is 776 g/mol. The van der Waals surface area contributed by atoms with Gasteiger partial charge < -0.3 is 15.0 Å². The maximum absolute atomic E-state index is 14.8. The number of halogens is 3. The van der Waals surface area contributed by atoms with Gasteiger partial charge in [-0.2, -0.15) is 0 Å². The Morgan fingerprint density at radius 3 is 2.24 bits per heavy atom. The summed E-state index contributed by atoms with van der Waals surface area (Å²) in [6.45, 7) is 4.61. The van der Waals surface area contributed by atoms with Crippen molar-refractivity contribution in [1.29, 1.82) is 0 Å². The highest BCUT2D eigenvalue weighted by Gasteiger charge is 2.36. The van der Waals surface area contributed by atoms with Gasteiger partial charge in [0.25, 0.3) is 15.7 Å². The number of benzene rings is 4. The van der Waals surface area contributed by atoms with E-state index in [9.17, 15) is 28.1 Å². The van der Waals surface area contributed by atoms with E-state index in [-0.39, 0.29) is 45.9 Å². The van der Waals surface area contributed by atoms with Gasteiger partial charge in [0.1, 0.15) is 18.3 Å². The fourth-order valence-electron chi connectivity index (χ4n) is 5.25. The number of carbonyl (C=O) groups excluding carboxylic acids is 2. The van der Waals surface area contributed by atoms with Crippen molar-refractivity contribution in [3.8, 4) is 5.75 Å². The second-order valence-corrected chi connectivity index (χ2v) is 15.3. The van der Waals surface area contributed by atoms with Crippen molar-refractivity contribution < 1.29 is 27.7 Å². The molecule has 0 saturated carbocycles. The monoisotopic (exact) mass is 774 g/mol. The van der Waals surface area contributed by atoms with Gasteiger partial charge in [-0.15, -0.1) is 0 Å². The number of aryl methyl sites for hydroxylation is 1. The van der Waals surface area contributed by atoms with E-state index in [1.54, 1.807) is 24.3 Å². The van der Waals surface area contributed by atoms with E-state index in [1.165, 1.54) is 55.3 Å². The molecular weight excluding hydrogens is 739 g/mol. The quantitative estimate of drug-likeness (QED) is 0.0976. The molecule has 0 radical (unpaired) electrons. The minimum Gasteiger partial charge on any atom is -0.495 e. The van der Waals surface area contributed by atoms with Crippen LogP contribution in [-0.2, 0) is 32.6 Å². The first-order valence-electron chi connectivity index (χ1n) is 15.8. The van der Waals surface area contributed by atoms with Crippen molar-refractivity contribution >= 4 is 68.0 Å². The van der Waals surface area contributed by atoms with Crippen molar-refractivity contribution in [3.05, 3.63) is 127 Å². The third kappa shape index (κ3) is 9.91. The summed E-state index contributed by atoms with van der Waals surface area (Å²) in [5.74, 6) is -1.10. The van der Waals surface area contributed by atoms with E-state index < -0.39 is 49.9 Å². The molecule has 11 nitrogen and oxygen atoms in total. The number of rotatable bonds is 15. The molecule has 270 valence electrons. The van der Waals surface area contributed by atoms with Gasteiger partial charge in [0, 0.05) is 46.2 Å². The fraction of sp³-hybridized carbons (Fsp3) is 0.278. The normalized spacial score (nSPS) is 11.9. The lowest BCUT2D eigenvalue weighted by Gasteiger charge is -2.34. The van der Waals surface area contributed by atoms with Crippen molar-refractivity contribution in [2.24, 2.45) is 5.92 Å². The molecule has 0 bridgehead atoms. The number of sulfonamides is 1. The first-order chi connectivity index (χ1) is 24.1. The lowest BCUT2D eigenvalue weighted by molar-refractivity contribution is -0.385. The number of ether oxygens (including phenoxy) is 1. The molecule has 4 rings (SSSR count). The summed E-state index contributed by atoms with van der Waals surface area (Å²) in [5.41, 5.74) is 0.909. The Hall–Kier alpha value is -4.36. The summed E-state index contributed by atoms with van der Waals surface area (Å²) < 4.78 is 35.3. The maximum Gasteiger partial charge on any atom is 0.273 e. The van der Waals surface area contributed by atoms with Crippen LogP contribution in [0.2, 0.25) is 15.1 Å². The van der Waals surface area contributed by atoms with Gasteiger partial charge in [-0.05, 0) is 60.4 Å². The molecule has 51 heavy (non-hydrogen) atoms. The number of amides is 2.